The lowest BCUT2D eigenvalue weighted by Gasteiger charge is -2.33. The maximum absolute atomic E-state index is 13.5. The molecule has 0 saturated heterocycles. The highest BCUT2D eigenvalue weighted by Gasteiger charge is 2.43. The lowest BCUT2D eigenvalue weighted by molar-refractivity contribution is 0.239. The number of allylic oxidation sites excluding steroid dienone is 2. The third kappa shape index (κ3) is 11.9. The van der Waals surface area contributed by atoms with Gasteiger partial charge in [0.2, 0.25) is 20.0 Å². The second kappa shape index (κ2) is 20.7. The van der Waals surface area contributed by atoms with Crippen LogP contribution in [0.1, 0.15) is 60.1 Å². The van der Waals surface area contributed by atoms with Gasteiger partial charge in [0.25, 0.3) is 0 Å². The molecule has 0 aliphatic carbocycles. The van der Waals surface area contributed by atoms with Gasteiger partial charge in [0, 0.05) is 26.2 Å². The topological polar surface area (TPSA) is 134 Å². The number of aliphatic hydroxyl groups excluding tert-OH is 2. The number of hydrogen-bond acceptors (Lipinski definition) is 8. The Kier molecular flexibility index (Phi) is 17.1. The molecular formula is C44H58N2O8S2. The van der Waals surface area contributed by atoms with Crippen LogP contribution in [0.5, 0.6) is 11.5 Å². The van der Waals surface area contributed by atoms with Crippen LogP contribution in [-0.4, -0.2) is 72.6 Å². The number of aliphatic hydroxyl groups is 2. The van der Waals surface area contributed by atoms with E-state index in [1.54, 1.807) is 52.3 Å². The molecule has 304 valence electrons. The lowest BCUT2D eigenvalue weighted by Crippen LogP contribution is -2.48. The number of sulfonamides is 2. The Hall–Kier alpha value is -4.30. The van der Waals surface area contributed by atoms with E-state index in [9.17, 15) is 27.0 Å². The molecule has 4 rings (SSSR count). The largest absolute Gasteiger partial charge is 0.497 e. The highest BCUT2D eigenvalue weighted by Crippen LogP contribution is 2.30. The number of rotatable bonds is 20. The van der Waals surface area contributed by atoms with E-state index in [1.165, 1.54) is 20.8 Å². The van der Waals surface area contributed by atoms with Crippen molar-refractivity contribution in [2.75, 3.05) is 27.4 Å². The van der Waals surface area contributed by atoms with E-state index < -0.39 is 42.8 Å². The summed E-state index contributed by atoms with van der Waals surface area (Å²) >= 11 is 0. The first-order valence-corrected chi connectivity index (χ1v) is 21.2. The van der Waals surface area contributed by atoms with Crippen molar-refractivity contribution in [1.82, 2.24) is 8.61 Å². The molecule has 12 heteroatoms. The van der Waals surface area contributed by atoms with Crippen molar-refractivity contribution in [2.24, 2.45) is 0 Å². The lowest BCUT2D eigenvalue weighted by atomic mass is 10.1. The normalized spacial score (nSPS) is 13.9. The third-order valence-electron chi connectivity index (χ3n) is 9.74. The summed E-state index contributed by atoms with van der Waals surface area (Å²) in [4.78, 5) is 0. The molecule has 2 N–H and O–H groups in total. The van der Waals surface area contributed by atoms with Crippen LogP contribution in [0, 0.1) is 13.8 Å². The molecule has 2 atom stereocenters. The van der Waals surface area contributed by atoms with Crippen molar-refractivity contribution >= 4 is 20.0 Å². The van der Waals surface area contributed by atoms with Crippen LogP contribution in [0.4, 0.5) is 0 Å². The average Bonchev–Trinajstić information content (AvgIpc) is 3.19. The van der Waals surface area contributed by atoms with E-state index >= 15 is 0 Å². The molecule has 0 aromatic heterocycles. The number of methoxy groups -OCH3 is 2. The maximum Gasteiger partial charge on any atom is 0.222 e. The molecule has 0 bridgehead atoms. The smallest absolute Gasteiger partial charge is 0.222 e. The van der Waals surface area contributed by atoms with Gasteiger partial charge in [-0.15, -0.1) is 13.2 Å². The zero-order chi connectivity index (χ0) is 41.6. The van der Waals surface area contributed by atoms with E-state index in [2.05, 4.69) is 13.2 Å². The molecule has 0 spiro atoms. The zero-order valence-electron chi connectivity index (χ0n) is 33.5. The summed E-state index contributed by atoms with van der Waals surface area (Å²) in [6.07, 6.45) is 3.40. The van der Waals surface area contributed by atoms with Crippen molar-refractivity contribution in [1.29, 1.82) is 0 Å². The molecule has 0 fully saturated rings. The summed E-state index contributed by atoms with van der Waals surface area (Å²) in [5.41, 5.74) is 5.69. The number of benzene rings is 4. The number of ether oxygens (including phenoxy) is 2. The third-order valence-corrected chi connectivity index (χ3v) is 14.7. The van der Waals surface area contributed by atoms with Crippen molar-refractivity contribution in [2.45, 2.75) is 76.2 Å². The van der Waals surface area contributed by atoms with Crippen LogP contribution < -0.4 is 9.47 Å². The summed E-state index contributed by atoms with van der Waals surface area (Å²) in [5, 5.41) is 19.7. The Morgan fingerprint density at radius 3 is 1.00 bits per heavy atom. The molecule has 4 aromatic rings. The Bertz CT molecular complexity index is 1900. The molecule has 56 heavy (non-hydrogen) atoms. The Balaban J connectivity index is 0.000000300. The summed E-state index contributed by atoms with van der Waals surface area (Å²) in [6.45, 7) is 14.3. The number of aryl methyl sites for hydroxylation is 2. The first-order chi connectivity index (χ1) is 26.5. The van der Waals surface area contributed by atoms with Gasteiger partial charge in [0.15, 0.2) is 0 Å². The SMILES string of the molecule is C=CC[C@@](C)(CO)S(=O)(=O)N(Cc1ccc(C)cc1)Cc1ccc(OC)cc1.C=CC[C@](C)(CO)S(=O)(=O)N(Cc1ccc(C)cc1)Cc1ccc(OC)cc1. The molecule has 0 aliphatic rings. The highest BCUT2D eigenvalue weighted by atomic mass is 32.2. The molecule has 10 nitrogen and oxygen atoms in total. The van der Waals surface area contributed by atoms with E-state index in [0.29, 0.717) is 11.5 Å². The minimum absolute atomic E-state index is 0.166. The maximum atomic E-state index is 13.5. The predicted octanol–water partition coefficient (Wildman–Crippen LogP) is 7.33. The van der Waals surface area contributed by atoms with Crippen LogP contribution in [-0.2, 0) is 46.2 Å². The second-order valence-electron chi connectivity index (χ2n) is 14.4. The van der Waals surface area contributed by atoms with Crippen LogP contribution >= 0.6 is 0 Å². The van der Waals surface area contributed by atoms with E-state index in [0.717, 1.165) is 33.4 Å². The van der Waals surface area contributed by atoms with E-state index in [-0.39, 0.29) is 39.0 Å². The van der Waals surface area contributed by atoms with Crippen molar-refractivity contribution < 1.29 is 36.5 Å². The van der Waals surface area contributed by atoms with Crippen LogP contribution in [0.25, 0.3) is 0 Å². The molecule has 0 radical (unpaired) electrons. The zero-order valence-corrected chi connectivity index (χ0v) is 35.2. The molecule has 0 saturated carbocycles. The van der Waals surface area contributed by atoms with E-state index in [4.69, 9.17) is 9.47 Å². The number of hydrogen-bond donors (Lipinski definition) is 2. The molecule has 0 aliphatic heterocycles. The minimum atomic E-state index is -3.82. The van der Waals surface area contributed by atoms with Crippen molar-refractivity contribution in [3.8, 4) is 11.5 Å². The molecule has 0 heterocycles. The second-order valence-corrected chi connectivity index (χ2v) is 19.3. The van der Waals surface area contributed by atoms with Gasteiger partial charge in [-0.05, 0) is 87.1 Å². The minimum Gasteiger partial charge on any atom is -0.497 e. The molecule has 0 unspecified atom stereocenters. The van der Waals surface area contributed by atoms with E-state index in [1.807, 2.05) is 86.6 Å². The highest BCUT2D eigenvalue weighted by molar-refractivity contribution is 7.90. The Morgan fingerprint density at radius 1 is 0.536 bits per heavy atom. The first kappa shape index (κ1) is 46.1. The fraction of sp³-hybridized carbons (Fsp3) is 0.364. The van der Waals surface area contributed by atoms with Crippen molar-refractivity contribution in [3.63, 3.8) is 0 Å². The molecule has 0 amide bonds. The van der Waals surface area contributed by atoms with Crippen LogP contribution in [0.2, 0.25) is 0 Å². The Labute approximate surface area is 334 Å². The summed E-state index contributed by atoms with van der Waals surface area (Å²) in [6, 6.07) is 30.2. The monoisotopic (exact) mass is 806 g/mol. The predicted molar refractivity (Wildman–Crippen MR) is 225 cm³/mol. The van der Waals surface area contributed by atoms with Gasteiger partial charge in [-0.3, -0.25) is 0 Å². The average molecular weight is 807 g/mol. The van der Waals surface area contributed by atoms with Gasteiger partial charge in [-0.1, -0.05) is 96.1 Å². The van der Waals surface area contributed by atoms with Crippen molar-refractivity contribution in [3.05, 3.63) is 156 Å². The van der Waals surface area contributed by atoms with Gasteiger partial charge in [-0.25, -0.2) is 16.8 Å². The van der Waals surface area contributed by atoms with Gasteiger partial charge < -0.3 is 19.7 Å². The first-order valence-electron chi connectivity index (χ1n) is 18.3. The summed E-state index contributed by atoms with van der Waals surface area (Å²) < 4.78 is 64.4. The van der Waals surface area contributed by atoms with Crippen LogP contribution in [0.15, 0.2) is 122 Å². The molecular weight excluding hydrogens is 749 g/mol. The standard InChI is InChI=1S/2C22H29NO4S/c2*1-5-14-22(3,17-24)28(25,26)23(15-19-8-6-18(2)7-9-19)16-20-10-12-21(27-4)13-11-20/h2*5-13,24H,1,14-17H2,2-4H3/t2*22-/m10/s1. The Morgan fingerprint density at radius 2 is 0.786 bits per heavy atom. The van der Waals surface area contributed by atoms with Gasteiger partial charge >= 0.3 is 0 Å². The fourth-order valence-corrected chi connectivity index (χ4v) is 9.36. The summed E-state index contributed by atoms with van der Waals surface area (Å²) in [5.74, 6) is 1.42. The summed E-state index contributed by atoms with van der Waals surface area (Å²) in [7, 11) is -4.46. The van der Waals surface area contributed by atoms with Gasteiger partial charge in [-0.2, -0.15) is 8.61 Å². The van der Waals surface area contributed by atoms with Crippen LogP contribution in [0.3, 0.4) is 0 Å². The van der Waals surface area contributed by atoms with Gasteiger partial charge in [0.1, 0.15) is 21.0 Å². The quantitative estimate of drug-likeness (QED) is 0.0888. The van der Waals surface area contributed by atoms with Gasteiger partial charge in [0.05, 0.1) is 27.4 Å². The fourth-order valence-electron chi connectivity index (χ4n) is 5.85. The molecule has 4 aromatic carbocycles. The number of nitrogens with zero attached hydrogens (tertiary/aromatic N) is 2.